The molecule has 1 rings (SSSR count). The molecule has 0 fully saturated rings. The van der Waals surface area contributed by atoms with E-state index in [4.69, 9.17) is 10.00 Å². The molecule has 0 saturated carbocycles. The number of hydrogen-bond acceptors (Lipinski definition) is 3. The van der Waals surface area contributed by atoms with Crippen molar-refractivity contribution in [3.63, 3.8) is 0 Å². The molecule has 1 unspecified atom stereocenters. The largest absolute Gasteiger partial charge is 0.465 e. The van der Waals surface area contributed by atoms with Gasteiger partial charge >= 0.3 is 5.97 Å². The average Bonchev–Trinajstić information content (AvgIpc) is 2.29. The summed E-state index contributed by atoms with van der Waals surface area (Å²) in [7, 11) is 0. The first-order valence-electron chi connectivity index (χ1n) is 5.35. The van der Waals surface area contributed by atoms with Gasteiger partial charge in [0.1, 0.15) is 5.41 Å². The number of esters is 1. The maximum Gasteiger partial charge on any atom is 0.317 e. The van der Waals surface area contributed by atoms with Crippen LogP contribution in [0.2, 0.25) is 0 Å². The van der Waals surface area contributed by atoms with Crippen LogP contribution in [0.25, 0.3) is 0 Å². The predicted octanol–water partition coefficient (Wildman–Crippen LogP) is 3.18. The first kappa shape index (κ1) is 13.7. The number of nitriles is 1. The van der Waals surface area contributed by atoms with Crippen LogP contribution in [0, 0.1) is 11.3 Å². The number of hydrogen-bond donors (Lipinski definition) is 0. The zero-order chi connectivity index (χ0) is 12.9. The summed E-state index contributed by atoms with van der Waals surface area (Å²) in [5.41, 5.74) is -0.124. The highest BCUT2D eigenvalue weighted by Crippen LogP contribution is 2.30. The SMILES string of the molecule is CCOC(=O)C(C)(CC#N)c1cccc(Br)c1. The molecule has 1 atom stereocenters. The van der Waals surface area contributed by atoms with Crippen molar-refractivity contribution in [2.45, 2.75) is 25.7 Å². The van der Waals surface area contributed by atoms with Crippen molar-refractivity contribution in [3.8, 4) is 6.07 Å². The van der Waals surface area contributed by atoms with E-state index in [1.54, 1.807) is 13.8 Å². The first-order valence-corrected chi connectivity index (χ1v) is 6.14. The monoisotopic (exact) mass is 295 g/mol. The number of carbonyl (C=O) groups is 1. The Morgan fingerprint density at radius 1 is 1.59 bits per heavy atom. The molecule has 0 aromatic heterocycles. The lowest BCUT2D eigenvalue weighted by molar-refractivity contribution is -0.149. The molecule has 0 aliphatic heterocycles. The number of rotatable bonds is 4. The number of ether oxygens (including phenoxy) is 1. The second kappa shape index (κ2) is 5.83. The second-order valence-corrected chi connectivity index (χ2v) is 4.81. The van der Waals surface area contributed by atoms with E-state index >= 15 is 0 Å². The molecule has 0 N–H and O–H groups in total. The van der Waals surface area contributed by atoms with E-state index in [9.17, 15) is 4.79 Å². The van der Waals surface area contributed by atoms with Crippen LogP contribution in [0.5, 0.6) is 0 Å². The van der Waals surface area contributed by atoms with Gasteiger partial charge in [-0.3, -0.25) is 4.79 Å². The molecule has 0 saturated heterocycles. The summed E-state index contributed by atoms with van der Waals surface area (Å²) in [5.74, 6) is -0.361. The Hall–Kier alpha value is -1.34. The molecule has 1 aromatic carbocycles. The zero-order valence-corrected chi connectivity index (χ0v) is 11.5. The summed E-state index contributed by atoms with van der Waals surface area (Å²) in [4.78, 5) is 12.0. The van der Waals surface area contributed by atoms with Crippen LogP contribution >= 0.6 is 15.9 Å². The Kier molecular flexibility index (Phi) is 4.71. The van der Waals surface area contributed by atoms with Crippen LogP contribution in [0.15, 0.2) is 28.7 Å². The highest BCUT2D eigenvalue weighted by Gasteiger charge is 2.36. The van der Waals surface area contributed by atoms with Crippen molar-refractivity contribution >= 4 is 21.9 Å². The van der Waals surface area contributed by atoms with Gasteiger partial charge in [-0.15, -0.1) is 0 Å². The fraction of sp³-hybridized carbons (Fsp3) is 0.385. The molecule has 0 aliphatic carbocycles. The lowest BCUT2D eigenvalue weighted by atomic mass is 9.80. The van der Waals surface area contributed by atoms with Crippen molar-refractivity contribution in [2.75, 3.05) is 6.61 Å². The molecule has 0 radical (unpaired) electrons. The third-order valence-electron chi connectivity index (χ3n) is 2.62. The zero-order valence-electron chi connectivity index (χ0n) is 9.87. The molecule has 0 amide bonds. The van der Waals surface area contributed by atoms with Gasteiger partial charge in [-0.1, -0.05) is 28.1 Å². The third kappa shape index (κ3) is 3.07. The molecule has 17 heavy (non-hydrogen) atoms. The average molecular weight is 296 g/mol. The van der Waals surface area contributed by atoms with Crippen molar-refractivity contribution in [1.82, 2.24) is 0 Å². The Morgan fingerprint density at radius 3 is 2.82 bits per heavy atom. The van der Waals surface area contributed by atoms with Crippen LogP contribution in [-0.4, -0.2) is 12.6 Å². The standard InChI is InChI=1S/C13H14BrNO2/c1-3-17-12(16)13(2,7-8-15)10-5-4-6-11(14)9-10/h4-6,9H,3,7H2,1-2H3. The summed E-state index contributed by atoms with van der Waals surface area (Å²) >= 11 is 3.36. The molecule has 0 bridgehead atoms. The minimum atomic E-state index is -0.908. The molecular formula is C13H14BrNO2. The molecule has 3 nitrogen and oxygen atoms in total. The van der Waals surface area contributed by atoms with Gasteiger partial charge in [-0.05, 0) is 31.5 Å². The lowest BCUT2D eigenvalue weighted by Crippen LogP contribution is -2.34. The van der Waals surface area contributed by atoms with E-state index in [0.29, 0.717) is 6.61 Å². The summed E-state index contributed by atoms with van der Waals surface area (Å²) in [6.07, 6.45) is 0.0995. The van der Waals surface area contributed by atoms with Gasteiger partial charge in [-0.25, -0.2) is 0 Å². The normalized spacial score (nSPS) is 13.5. The smallest absolute Gasteiger partial charge is 0.317 e. The Balaban J connectivity index is 3.16. The number of carbonyl (C=O) groups excluding carboxylic acids is 1. The fourth-order valence-corrected chi connectivity index (χ4v) is 1.97. The minimum absolute atomic E-state index is 0.0995. The molecule has 1 aromatic rings. The summed E-state index contributed by atoms with van der Waals surface area (Å²) in [6.45, 7) is 3.80. The van der Waals surface area contributed by atoms with Gasteiger partial charge in [-0.2, -0.15) is 5.26 Å². The molecule has 0 aliphatic rings. The molecule has 0 spiro atoms. The third-order valence-corrected chi connectivity index (χ3v) is 3.11. The maximum atomic E-state index is 12.0. The minimum Gasteiger partial charge on any atom is -0.465 e. The van der Waals surface area contributed by atoms with Crippen molar-refractivity contribution < 1.29 is 9.53 Å². The van der Waals surface area contributed by atoms with Gasteiger partial charge < -0.3 is 4.74 Å². The van der Waals surface area contributed by atoms with Crippen LogP contribution in [0.1, 0.15) is 25.8 Å². The van der Waals surface area contributed by atoms with Crippen molar-refractivity contribution in [1.29, 1.82) is 5.26 Å². The topological polar surface area (TPSA) is 50.1 Å². The van der Waals surface area contributed by atoms with Gasteiger partial charge in [0.25, 0.3) is 0 Å². The number of halogens is 1. The van der Waals surface area contributed by atoms with E-state index in [1.165, 1.54) is 0 Å². The van der Waals surface area contributed by atoms with Crippen LogP contribution in [-0.2, 0) is 14.9 Å². The fourth-order valence-electron chi connectivity index (χ4n) is 1.57. The second-order valence-electron chi connectivity index (χ2n) is 3.90. The van der Waals surface area contributed by atoms with Gasteiger partial charge in [0.2, 0.25) is 0 Å². The highest BCUT2D eigenvalue weighted by atomic mass is 79.9. The lowest BCUT2D eigenvalue weighted by Gasteiger charge is -2.25. The summed E-state index contributed by atoms with van der Waals surface area (Å²) < 4.78 is 5.93. The Bertz CT molecular complexity index is 453. The number of benzene rings is 1. The van der Waals surface area contributed by atoms with E-state index in [0.717, 1.165) is 10.0 Å². The predicted molar refractivity (Wildman–Crippen MR) is 68.4 cm³/mol. The van der Waals surface area contributed by atoms with Gasteiger partial charge in [0.15, 0.2) is 0 Å². The quantitative estimate of drug-likeness (QED) is 0.802. The van der Waals surface area contributed by atoms with Gasteiger partial charge in [0.05, 0.1) is 19.1 Å². The van der Waals surface area contributed by atoms with Crippen molar-refractivity contribution in [3.05, 3.63) is 34.3 Å². The van der Waals surface area contributed by atoms with E-state index in [2.05, 4.69) is 15.9 Å². The number of nitrogens with zero attached hydrogens (tertiary/aromatic N) is 1. The van der Waals surface area contributed by atoms with Gasteiger partial charge in [0, 0.05) is 4.47 Å². The first-order chi connectivity index (χ1) is 8.04. The van der Waals surface area contributed by atoms with Crippen molar-refractivity contribution in [2.24, 2.45) is 0 Å². The van der Waals surface area contributed by atoms with E-state index in [1.807, 2.05) is 30.3 Å². The van der Waals surface area contributed by atoms with Crippen LogP contribution in [0.4, 0.5) is 0 Å². The molecule has 0 heterocycles. The van der Waals surface area contributed by atoms with E-state index < -0.39 is 5.41 Å². The Labute approximate surface area is 110 Å². The molecule has 4 heteroatoms. The summed E-state index contributed by atoms with van der Waals surface area (Å²) in [5, 5.41) is 8.88. The highest BCUT2D eigenvalue weighted by molar-refractivity contribution is 9.10. The molecule has 90 valence electrons. The van der Waals surface area contributed by atoms with E-state index in [-0.39, 0.29) is 12.4 Å². The molecular weight excluding hydrogens is 282 g/mol. The maximum absolute atomic E-state index is 12.0. The summed E-state index contributed by atoms with van der Waals surface area (Å²) in [6, 6.07) is 9.44. The van der Waals surface area contributed by atoms with Crippen LogP contribution in [0.3, 0.4) is 0 Å². The van der Waals surface area contributed by atoms with Crippen LogP contribution < -0.4 is 0 Å². The Morgan fingerprint density at radius 2 is 2.29 bits per heavy atom.